The summed E-state index contributed by atoms with van der Waals surface area (Å²) in [6, 6.07) is 3.40. The molecule has 2 nitrogen and oxygen atoms in total. The van der Waals surface area contributed by atoms with Gasteiger partial charge in [0, 0.05) is 5.25 Å². The van der Waals surface area contributed by atoms with Crippen molar-refractivity contribution in [3.8, 4) is 11.5 Å². The maximum Gasteiger partial charge on any atom is 0.176 e. The molecule has 72 valence electrons. The molecule has 0 spiro atoms. The molecule has 1 aromatic rings. The SMILES string of the molecule is COc1cc(C(C)S)cc(Cl)c1O. The van der Waals surface area contributed by atoms with Gasteiger partial charge in [0.15, 0.2) is 11.5 Å². The number of phenolic OH excluding ortho intramolecular Hbond substituents is 1. The summed E-state index contributed by atoms with van der Waals surface area (Å²) < 4.78 is 4.95. The van der Waals surface area contributed by atoms with Gasteiger partial charge in [-0.2, -0.15) is 12.6 Å². The Balaban J connectivity index is 3.22. The van der Waals surface area contributed by atoms with E-state index in [0.29, 0.717) is 5.75 Å². The van der Waals surface area contributed by atoms with E-state index in [1.165, 1.54) is 7.11 Å². The van der Waals surface area contributed by atoms with Crippen molar-refractivity contribution in [1.29, 1.82) is 0 Å². The highest BCUT2D eigenvalue weighted by Crippen LogP contribution is 2.37. The number of methoxy groups -OCH3 is 1. The monoisotopic (exact) mass is 218 g/mol. The average Bonchev–Trinajstić information content (AvgIpc) is 2.09. The number of phenols is 1. The number of hydrogen-bond acceptors (Lipinski definition) is 3. The van der Waals surface area contributed by atoms with Crippen LogP contribution in [0.25, 0.3) is 0 Å². The first-order chi connectivity index (χ1) is 6.06. The Hall–Kier alpha value is -0.540. The first-order valence-electron chi connectivity index (χ1n) is 3.80. The maximum atomic E-state index is 9.42. The van der Waals surface area contributed by atoms with Crippen molar-refractivity contribution in [1.82, 2.24) is 0 Å². The molecule has 13 heavy (non-hydrogen) atoms. The topological polar surface area (TPSA) is 29.5 Å². The van der Waals surface area contributed by atoms with Gasteiger partial charge in [0.25, 0.3) is 0 Å². The van der Waals surface area contributed by atoms with Gasteiger partial charge < -0.3 is 9.84 Å². The number of ether oxygens (including phenoxy) is 1. The van der Waals surface area contributed by atoms with Gasteiger partial charge >= 0.3 is 0 Å². The van der Waals surface area contributed by atoms with Crippen LogP contribution in [-0.2, 0) is 0 Å². The molecule has 0 aliphatic carbocycles. The largest absolute Gasteiger partial charge is 0.503 e. The Morgan fingerprint density at radius 1 is 1.54 bits per heavy atom. The number of halogens is 1. The highest BCUT2D eigenvalue weighted by atomic mass is 35.5. The summed E-state index contributed by atoms with van der Waals surface area (Å²) >= 11 is 10.0. The zero-order valence-electron chi connectivity index (χ0n) is 7.41. The highest BCUT2D eigenvalue weighted by Gasteiger charge is 2.10. The third-order valence-corrected chi connectivity index (χ3v) is 2.34. The molecule has 0 heterocycles. The molecule has 0 aliphatic heterocycles. The quantitative estimate of drug-likeness (QED) is 0.748. The maximum absolute atomic E-state index is 9.42. The number of rotatable bonds is 2. The molecule has 0 saturated carbocycles. The molecule has 4 heteroatoms. The molecule has 0 amide bonds. The third kappa shape index (κ3) is 2.23. The lowest BCUT2D eigenvalue weighted by Crippen LogP contribution is -1.89. The van der Waals surface area contributed by atoms with Gasteiger partial charge in [-0.1, -0.05) is 11.6 Å². The van der Waals surface area contributed by atoms with Crippen LogP contribution in [0.2, 0.25) is 5.02 Å². The van der Waals surface area contributed by atoms with Gasteiger partial charge in [-0.25, -0.2) is 0 Å². The van der Waals surface area contributed by atoms with Gasteiger partial charge in [0.05, 0.1) is 12.1 Å². The first kappa shape index (κ1) is 10.5. The summed E-state index contributed by atoms with van der Waals surface area (Å²) in [5, 5.41) is 9.77. The van der Waals surface area contributed by atoms with Crippen LogP contribution in [0.4, 0.5) is 0 Å². The van der Waals surface area contributed by atoms with E-state index in [4.69, 9.17) is 16.3 Å². The second-order valence-electron chi connectivity index (χ2n) is 2.73. The molecular formula is C9H11ClO2S. The van der Waals surface area contributed by atoms with Crippen molar-refractivity contribution in [2.24, 2.45) is 0 Å². The summed E-state index contributed by atoms with van der Waals surface area (Å²) in [7, 11) is 1.48. The molecule has 1 atom stereocenters. The molecule has 0 radical (unpaired) electrons. The number of thiol groups is 1. The smallest absolute Gasteiger partial charge is 0.176 e. The minimum atomic E-state index is -0.0260. The Kier molecular flexibility index (Phi) is 3.33. The van der Waals surface area contributed by atoms with Crippen LogP contribution < -0.4 is 4.74 Å². The van der Waals surface area contributed by atoms with Gasteiger partial charge in [-0.3, -0.25) is 0 Å². The fraction of sp³-hybridized carbons (Fsp3) is 0.333. The van der Waals surface area contributed by atoms with E-state index in [0.717, 1.165) is 5.56 Å². The Labute approximate surface area is 87.9 Å². The second-order valence-corrected chi connectivity index (χ2v) is 3.91. The lowest BCUT2D eigenvalue weighted by Gasteiger charge is -2.10. The van der Waals surface area contributed by atoms with Crippen LogP contribution in [0.1, 0.15) is 17.7 Å². The predicted molar refractivity (Wildman–Crippen MR) is 57.1 cm³/mol. The number of aromatic hydroxyl groups is 1. The standard InChI is InChI=1S/C9H11ClO2S/c1-5(13)6-3-7(10)9(11)8(4-6)12-2/h3-5,11,13H,1-2H3. The minimum absolute atomic E-state index is 0.0260. The van der Waals surface area contributed by atoms with E-state index < -0.39 is 0 Å². The van der Waals surface area contributed by atoms with Crippen LogP contribution in [0.15, 0.2) is 12.1 Å². The van der Waals surface area contributed by atoms with Crippen molar-refractivity contribution in [3.63, 3.8) is 0 Å². The molecule has 1 N–H and O–H groups in total. The van der Waals surface area contributed by atoms with Crippen LogP contribution >= 0.6 is 24.2 Å². The molecule has 0 saturated heterocycles. The lowest BCUT2D eigenvalue weighted by molar-refractivity contribution is 0.373. The van der Waals surface area contributed by atoms with E-state index in [1.807, 2.05) is 6.92 Å². The summed E-state index contributed by atoms with van der Waals surface area (Å²) in [5.74, 6) is 0.352. The second kappa shape index (κ2) is 4.11. The fourth-order valence-electron chi connectivity index (χ4n) is 0.991. The van der Waals surface area contributed by atoms with E-state index in [1.54, 1.807) is 12.1 Å². The summed E-state index contributed by atoms with van der Waals surface area (Å²) in [6.07, 6.45) is 0. The first-order valence-corrected chi connectivity index (χ1v) is 4.70. The molecular weight excluding hydrogens is 208 g/mol. The van der Waals surface area contributed by atoms with Crippen LogP contribution in [0, 0.1) is 0 Å². The van der Waals surface area contributed by atoms with Crippen molar-refractivity contribution in [2.75, 3.05) is 7.11 Å². The molecule has 1 rings (SSSR count). The zero-order valence-corrected chi connectivity index (χ0v) is 9.06. The molecule has 0 aliphatic rings. The normalized spacial score (nSPS) is 12.6. The molecule has 0 fully saturated rings. The predicted octanol–water partition coefficient (Wildman–Crippen LogP) is 3.05. The molecule has 1 unspecified atom stereocenters. The van der Waals surface area contributed by atoms with E-state index in [2.05, 4.69) is 12.6 Å². The fourth-order valence-corrected chi connectivity index (χ4v) is 1.36. The highest BCUT2D eigenvalue weighted by molar-refractivity contribution is 7.80. The van der Waals surface area contributed by atoms with Crippen LogP contribution in [0.5, 0.6) is 11.5 Å². The Morgan fingerprint density at radius 3 is 2.62 bits per heavy atom. The third-order valence-electron chi connectivity index (χ3n) is 1.75. The van der Waals surface area contributed by atoms with Crippen LogP contribution in [-0.4, -0.2) is 12.2 Å². The van der Waals surface area contributed by atoms with E-state index >= 15 is 0 Å². The zero-order chi connectivity index (χ0) is 10.0. The minimum Gasteiger partial charge on any atom is -0.503 e. The van der Waals surface area contributed by atoms with Crippen molar-refractivity contribution < 1.29 is 9.84 Å². The summed E-state index contributed by atoms with van der Waals surface area (Å²) in [4.78, 5) is 0. The van der Waals surface area contributed by atoms with E-state index in [9.17, 15) is 5.11 Å². The summed E-state index contributed by atoms with van der Waals surface area (Å²) in [5.41, 5.74) is 0.919. The van der Waals surface area contributed by atoms with Crippen molar-refractivity contribution in [3.05, 3.63) is 22.7 Å². The Morgan fingerprint density at radius 2 is 2.15 bits per heavy atom. The molecule has 1 aromatic carbocycles. The molecule has 0 bridgehead atoms. The van der Waals surface area contributed by atoms with Gasteiger partial charge in [-0.05, 0) is 24.6 Å². The number of hydrogen-bond donors (Lipinski definition) is 2. The van der Waals surface area contributed by atoms with Gasteiger partial charge in [0.1, 0.15) is 0 Å². The van der Waals surface area contributed by atoms with Gasteiger partial charge in [0.2, 0.25) is 0 Å². The Bertz CT molecular complexity index is 313. The summed E-state index contributed by atoms with van der Waals surface area (Å²) in [6.45, 7) is 1.92. The van der Waals surface area contributed by atoms with Gasteiger partial charge in [-0.15, -0.1) is 0 Å². The number of benzene rings is 1. The average molecular weight is 219 g/mol. The lowest BCUT2D eigenvalue weighted by atomic mass is 10.1. The van der Waals surface area contributed by atoms with E-state index in [-0.39, 0.29) is 16.0 Å². The van der Waals surface area contributed by atoms with Crippen molar-refractivity contribution in [2.45, 2.75) is 12.2 Å². The van der Waals surface area contributed by atoms with Crippen molar-refractivity contribution >= 4 is 24.2 Å². The molecule has 0 aromatic heterocycles. The van der Waals surface area contributed by atoms with Crippen LogP contribution in [0.3, 0.4) is 0 Å².